The molecule has 31 heavy (non-hydrogen) atoms. The summed E-state index contributed by atoms with van der Waals surface area (Å²) in [7, 11) is -2.17. The summed E-state index contributed by atoms with van der Waals surface area (Å²) in [4.78, 5) is 12.8. The van der Waals surface area contributed by atoms with Crippen LogP contribution in [-0.4, -0.2) is 21.4 Å². The molecule has 160 valence electrons. The maximum Gasteiger partial charge on any atom is 0.261 e. The third-order valence-corrected chi connectivity index (χ3v) is 6.76. The fourth-order valence-corrected chi connectivity index (χ4v) is 4.83. The average Bonchev–Trinajstić information content (AvgIpc) is 2.79. The third kappa shape index (κ3) is 4.72. The van der Waals surface area contributed by atoms with Crippen molar-refractivity contribution < 1.29 is 17.9 Å². The quantitative estimate of drug-likeness (QED) is 0.590. The fourth-order valence-electron chi connectivity index (χ4n) is 3.72. The lowest BCUT2D eigenvalue weighted by molar-refractivity contribution is 0.102. The molecule has 1 aliphatic carbocycles. The smallest absolute Gasteiger partial charge is 0.261 e. The van der Waals surface area contributed by atoms with E-state index in [1.165, 1.54) is 12.7 Å². The number of hydrogen-bond acceptors (Lipinski definition) is 4. The number of aryl methyl sites for hydroxylation is 2. The summed E-state index contributed by atoms with van der Waals surface area (Å²) < 4.78 is 33.5. The van der Waals surface area contributed by atoms with Gasteiger partial charge in [0.25, 0.3) is 15.9 Å². The molecule has 0 atom stereocenters. The molecule has 0 unspecified atom stereocenters. The molecule has 6 nitrogen and oxygen atoms in total. The number of sulfonamides is 1. The highest BCUT2D eigenvalue weighted by Gasteiger charge is 2.18. The predicted octanol–water partition coefficient (Wildman–Crippen LogP) is 4.63. The van der Waals surface area contributed by atoms with E-state index in [1.54, 1.807) is 54.6 Å². The highest BCUT2D eigenvalue weighted by Crippen LogP contribution is 2.26. The molecule has 0 saturated carbocycles. The summed E-state index contributed by atoms with van der Waals surface area (Å²) in [6.07, 6.45) is 4.15. The molecule has 3 aromatic carbocycles. The number of ether oxygens (including phenoxy) is 1. The summed E-state index contributed by atoms with van der Waals surface area (Å²) in [5.41, 5.74) is 3.70. The van der Waals surface area contributed by atoms with Crippen LogP contribution in [0, 0.1) is 0 Å². The van der Waals surface area contributed by atoms with Gasteiger partial charge in [0.1, 0.15) is 5.75 Å². The van der Waals surface area contributed by atoms with Crippen molar-refractivity contribution in [2.45, 2.75) is 30.6 Å². The number of carbonyl (C=O) groups excluding carboxylic acids is 1. The number of fused-ring (bicyclic) bond motifs is 1. The molecule has 1 aliphatic rings. The zero-order valence-electron chi connectivity index (χ0n) is 17.2. The maximum atomic E-state index is 12.8. The zero-order valence-corrected chi connectivity index (χ0v) is 18.0. The van der Waals surface area contributed by atoms with Gasteiger partial charge in [-0.3, -0.25) is 9.52 Å². The van der Waals surface area contributed by atoms with Gasteiger partial charge in [-0.05, 0) is 85.3 Å². The van der Waals surface area contributed by atoms with Crippen molar-refractivity contribution in [2.75, 3.05) is 17.1 Å². The summed E-state index contributed by atoms with van der Waals surface area (Å²) in [5, 5.41) is 2.80. The van der Waals surface area contributed by atoms with Gasteiger partial charge in [-0.2, -0.15) is 0 Å². The molecule has 0 heterocycles. The number of para-hydroxylation sites is 2. The Morgan fingerprint density at radius 3 is 2.35 bits per heavy atom. The molecule has 0 fully saturated rings. The van der Waals surface area contributed by atoms with Crippen LogP contribution in [0.3, 0.4) is 0 Å². The van der Waals surface area contributed by atoms with Crippen molar-refractivity contribution in [3.05, 3.63) is 83.4 Å². The molecular formula is C24H24N2O4S. The normalized spacial score (nSPS) is 13.2. The molecule has 0 bridgehead atoms. The molecule has 3 aromatic rings. The summed E-state index contributed by atoms with van der Waals surface area (Å²) in [6.45, 7) is 0. The van der Waals surface area contributed by atoms with E-state index in [0.29, 0.717) is 22.7 Å². The van der Waals surface area contributed by atoms with E-state index in [2.05, 4.69) is 10.0 Å². The van der Waals surface area contributed by atoms with E-state index in [9.17, 15) is 13.2 Å². The Hall–Kier alpha value is -3.32. The number of hydrogen-bond donors (Lipinski definition) is 2. The number of benzene rings is 3. The topological polar surface area (TPSA) is 84.5 Å². The maximum absolute atomic E-state index is 12.8. The van der Waals surface area contributed by atoms with Crippen molar-refractivity contribution in [2.24, 2.45) is 0 Å². The van der Waals surface area contributed by atoms with Gasteiger partial charge in [0.05, 0.1) is 17.7 Å². The Labute approximate surface area is 182 Å². The van der Waals surface area contributed by atoms with Crippen LogP contribution in [-0.2, 0) is 22.9 Å². The first-order valence-electron chi connectivity index (χ1n) is 10.2. The van der Waals surface area contributed by atoms with Crippen LogP contribution in [0.4, 0.5) is 11.4 Å². The zero-order chi connectivity index (χ0) is 21.8. The van der Waals surface area contributed by atoms with Crippen LogP contribution in [0.1, 0.15) is 34.3 Å². The lowest BCUT2D eigenvalue weighted by Gasteiger charge is -2.17. The Morgan fingerprint density at radius 1 is 0.903 bits per heavy atom. The lowest BCUT2D eigenvalue weighted by Crippen LogP contribution is -2.15. The molecule has 1 amide bonds. The first-order chi connectivity index (χ1) is 15.0. The van der Waals surface area contributed by atoms with Gasteiger partial charge in [-0.15, -0.1) is 0 Å². The Balaban J connectivity index is 1.47. The number of nitrogens with one attached hydrogen (secondary N) is 2. The first kappa shape index (κ1) is 20.9. The molecular weight excluding hydrogens is 412 g/mol. The standard InChI is InChI=1S/C24H24N2O4S/c1-30-23-9-5-4-8-22(23)25-24(27)18-10-13-20(14-11-18)26-31(28,29)21-15-12-17-6-2-3-7-19(17)16-21/h4-5,8-16,26H,2-3,6-7H2,1H3,(H,25,27). The largest absolute Gasteiger partial charge is 0.495 e. The number of amides is 1. The first-order valence-corrected chi connectivity index (χ1v) is 11.6. The third-order valence-electron chi connectivity index (χ3n) is 5.38. The summed E-state index contributed by atoms with van der Waals surface area (Å²) in [6, 6.07) is 18.8. The minimum absolute atomic E-state index is 0.256. The molecule has 0 aromatic heterocycles. The summed E-state index contributed by atoms with van der Waals surface area (Å²) in [5.74, 6) is 0.249. The second kappa shape index (κ2) is 8.81. The molecule has 2 N–H and O–H groups in total. The second-order valence-corrected chi connectivity index (χ2v) is 9.16. The molecule has 0 aliphatic heterocycles. The van der Waals surface area contributed by atoms with Crippen molar-refractivity contribution in [1.29, 1.82) is 0 Å². The van der Waals surface area contributed by atoms with Gasteiger partial charge in [-0.1, -0.05) is 18.2 Å². The van der Waals surface area contributed by atoms with Crippen LogP contribution >= 0.6 is 0 Å². The molecule has 4 rings (SSSR count). The van der Waals surface area contributed by atoms with Crippen LogP contribution < -0.4 is 14.8 Å². The van der Waals surface area contributed by atoms with E-state index in [4.69, 9.17) is 4.74 Å². The highest BCUT2D eigenvalue weighted by molar-refractivity contribution is 7.92. The Bertz CT molecular complexity index is 1200. The van der Waals surface area contributed by atoms with Crippen LogP contribution in [0.5, 0.6) is 5.75 Å². The van der Waals surface area contributed by atoms with Crippen molar-refractivity contribution >= 4 is 27.3 Å². The van der Waals surface area contributed by atoms with E-state index < -0.39 is 10.0 Å². The SMILES string of the molecule is COc1ccccc1NC(=O)c1ccc(NS(=O)(=O)c2ccc3c(c2)CCCC3)cc1. The lowest BCUT2D eigenvalue weighted by atomic mass is 9.92. The van der Waals surface area contributed by atoms with E-state index >= 15 is 0 Å². The van der Waals surface area contributed by atoms with Gasteiger partial charge in [0.2, 0.25) is 0 Å². The predicted molar refractivity (Wildman–Crippen MR) is 121 cm³/mol. The van der Waals surface area contributed by atoms with E-state index in [0.717, 1.165) is 31.2 Å². The van der Waals surface area contributed by atoms with E-state index in [-0.39, 0.29) is 10.8 Å². The Kier molecular flexibility index (Phi) is 5.95. The highest BCUT2D eigenvalue weighted by atomic mass is 32.2. The minimum atomic E-state index is -3.70. The van der Waals surface area contributed by atoms with Gasteiger partial charge in [-0.25, -0.2) is 8.42 Å². The monoisotopic (exact) mass is 436 g/mol. The molecule has 7 heteroatoms. The van der Waals surface area contributed by atoms with Crippen LogP contribution in [0.2, 0.25) is 0 Å². The Morgan fingerprint density at radius 2 is 1.61 bits per heavy atom. The summed E-state index contributed by atoms with van der Waals surface area (Å²) >= 11 is 0. The number of carbonyl (C=O) groups is 1. The van der Waals surface area contributed by atoms with Crippen molar-refractivity contribution in [1.82, 2.24) is 0 Å². The molecule has 0 saturated heterocycles. The second-order valence-electron chi connectivity index (χ2n) is 7.47. The van der Waals surface area contributed by atoms with Gasteiger partial charge in [0, 0.05) is 11.3 Å². The van der Waals surface area contributed by atoms with E-state index in [1.807, 2.05) is 12.1 Å². The van der Waals surface area contributed by atoms with Crippen LogP contribution in [0.25, 0.3) is 0 Å². The van der Waals surface area contributed by atoms with Crippen molar-refractivity contribution in [3.8, 4) is 5.75 Å². The minimum Gasteiger partial charge on any atom is -0.495 e. The number of rotatable bonds is 6. The van der Waals surface area contributed by atoms with Gasteiger partial charge in [0.15, 0.2) is 0 Å². The number of methoxy groups -OCH3 is 1. The average molecular weight is 437 g/mol. The fraction of sp³-hybridized carbons (Fsp3) is 0.208. The van der Waals surface area contributed by atoms with Gasteiger partial charge < -0.3 is 10.1 Å². The molecule has 0 radical (unpaired) electrons. The van der Waals surface area contributed by atoms with Crippen molar-refractivity contribution in [3.63, 3.8) is 0 Å². The van der Waals surface area contributed by atoms with Gasteiger partial charge >= 0.3 is 0 Å². The van der Waals surface area contributed by atoms with Crippen LogP contribution in [0.15, 0.2) is 71.6 Å². The molecule has 0 spiro atoms. The number of anilines is 2.